The van der Waals surface area contributed by atoms with E-state index in [4.69, 9.17) is 8.85 Å². The van der Waals surface area contributed by atoms with Gasteiger partial charge >= 0.3 is 0 Å². The SMILES string of the molecule is C=CCCC[C@H](O[Si](C)(C)C(C)(C)C)[C@H](C#Cc1ccccc1)O[Si](C)(C)C(C)(C)C. The van der Waals surface area contributed by atoms with Gasteiger partial charge < -0.3 is 8.85 Å². The second-order valence-corrected chi connectivity index (χ2v) is 21.1. The highest BCUT2D eigenvalue weighted by atomic mass is 28.4. The third-order valence-electron chi connectivity index (χ3n) is 6.85. The van der Waals surface area contributed by atoms with Gasteiger partial charge in [-0.25, -0.2) is 0 Å². The van der Waals surface area contributed by atoms with E-state index in [0.29, 0.717) is 0 Å². The molecule has 0 saturated heterocycles. The molecule has 1 aromatic rings. The van der Waals surface area contributed by atoms with Crippen LogP contribution in [0.5, 0.6) is 0 Å². The van der Waals surface area contributed by atoms with Crippen LogP contribution < -0.4 is 0 Å². The summed E-state index contributed by atoms with van der Waals surface area (Å²) in [5.41, 5.74) is 1.02. The first-order chi connectivity index (χ1) is 14.1. The molecule has 174 valence electrons. The molecule has 1 aromatic carbocycles. The van der Waals surface area contributed by atoms with Crippen LogP contribution in [-0.4, -0.2) is 28.8 Å². The quantitative estimate of drug-likeness (QED) is 0.161. The minimum Gasteiger partial charge on any atom is -0.410 e. The van der Waals surface area contributed by atoms with E-state index in [0.717, 1.165) is 24.8 Å². The van der Waals surface area contributed by atoms with Gasteiger partial charge in [-0.2, -0.15) is 0 Å². The molecule has 4 heteroatoms. The van der Waals surface area contributed by atoms with E-state index in [9.17, 15) is 0 Å². The molecule has 0 spiro atoms. The highest BCUT2D eigenvalue weighted by Crippen LogP contribution is 2.41. The van der Waals surface area contributed by atoms with Gasteiger partial charge in [-0.3, -0.25) is 0 Å². The molecular weight excluding hydrogens is 412 g/mol. The smallest absolute Gasteiger partial charge is 0.193 e. The van der Waals surface area contributed by atoms with Crippen LogP contribution in [-0.2, 0) is 8.85 Å². The van der Waals surface area contributed by atoms with Crippen LogP contribution in [0.15, 0.2) is 43.0 Å². The molecule has 0 saturated carbocycles. The summed E-state index contributed by atoms with van der Waals surface area (Å²) in [7, 11) is -4.00. The first kappa shape index (κ1) is 27.9. The molecule has 0 radical (unpaired) electrons. The summed E-state index contributed by atoms with van der Waals surface area (Å²) in [4.78, 5) is 0. The summed E-state index contributed by atoms with van der Waals surface area (Å²) in [5, 5.41) is 0.250. The molecule has 0 N–H and O–H groups in total. The maximum absolute atomic E-state index is 6.96. The highest BCUT2D eigenvalue weighted by molar-refractivity contribution is 6.74. The molecule has 0 bridgehead atoms. The predicted octanol–water partition coefficient (Wildman–Crippen LogP) is 8.18. The maximum atomic E-state index is 6.96. The first-order valence-corrected chi connectivity index (χ1v) is 17.5. The Hall–Kier alpha value is -1.13. The molecule has 31 heavy (non-hydrogen) atoms. The Morgan fingerprint density at radius 2 is 1.42 bits per heavy atom. The van der Waals surface area contributed by atoms with Gasteiger partial charge in [0, 0.05) is 5.56 Å². The molecule has 0 fully saturated rings. The third kappa shape index (κ3) is 8.73. The minimum absolute atomic E-state index is 0.0359. The van der Waals surface area contributed by atoms with E-state index in [1.165, 1.54) is 0 Å². The fourth-order valence-electron chi connectivity index (χ4n) is 2.66. The van der Waals surface area contributed by atoms with Crippen molar-refractivity contribution < 1.29 is 8.85 Å². The van der Waals surface area contributed by atoms with Crippen molar-refractivity contribution in [1.82, 2.24) is 0 Å². The fourth-order valence-corrected chi connectivity index (χ4v) is 5.21. The molecule has 2 atom stereocenters. The Labute approximate surface area is 195 Å². The lowest BCUT2D eigenvalue weighted by Crippen LogP contribution is -2.51. The normalized spacial score (nSPS) is 15.0. The third-order valence-corrected chi connectivity index (χ3v) is 15.8. The Kier molecular flexibility index (Phi) is 10.0. The zero-order valence-corrected chi connectivity index (χ0v) is 23.8. The topological polar surface area (TPSA) is 18.5 Å². The molecule has 0 aliphatic heterocycles. The van der Waals surface area contributed by atoms with Crippen molar-refractivity contribution in [2.24, 2.45) is 0 Å². The average molecular weight is 459 g/mol. The molecule has 0 amide bonds. The van der Waals surface area contributed by atoms with Gasteiger partial charge in [-0.05, 0) is 67.7 Å². The molecule has 0 aliphatic rings. The van der Waals surface area contributed by atoms with Crippen molar-refractivity contribution in [2.75, 3.05) is 0 Å². The molecule has 2 nitrogen and oxygen atoms in total. The van der Waals surface area contributed by atoms with Crippen molar-refractivity contribution in [3.63, 3.8) is 0 Å². The molecule has 1 rings (SSSR count). The minimum atomic E-state index is -2.02. The van der Waals surface area contributed by atoms with E-state index in [-0.39, 0.29) is 22.3 Å². The average Bonchev–Trinajstić information content (AvgIpc) is 2.63. The Morgan fingerprint density at radius 3 is 1.90 bits per heavy atom. The van der Waals surface area contributed by atoms with Gasteiger partial charge in [0.1, 0.15) is 6.10 Å². The lowest BCUT2D eigenvalue weighted by molar-refractivity contribution is 0.0617. The van der Waals surface area contributed by atoms with Gasteiger partial charge in [-0.15, -0.1) is 6.58 Å². The van der Waals surface area contributed by atoms with Crippen molar-refractivity contribution in [3.05, 3.63) is 48.6 Å². The molecular formula is C27H46O2Si2. The van der Waals surface area contributed by atoms with Crippen LogP contribution in [0.1, 0.15) is 66.4 Å². The molecule has 0 heterocycles. The zero-order chi connectivity index (χ0) is 23.9. The summed E-state index contributed by atoms with van der Waals surface area (Å²) in [6, 6.07) is 10.2. The van der Waals surface area contributed by atoms with Crippen molar-refractivity contribution in [1.29, 1.82) is 0 Å². The van der Waals surface area contributed by atoms with Gasteiger partial charge in [0.05, 0.1) is 6.10 Å². The van der Waals surface area contributed by atoms with Crippen molar-refractivity contribution in [3.8, 4) is 11.8 Å². The van der Waals surface area contributed by atoms with Crippen LogP contribution in [0.25, 0.3) is 0 Å². The summed E-state index contributed by atoms with van der Waals surface area (Å²) >= 11 is 0. The Morgan fingerprint density at radius 1 is 0.903 bits per heavy atom. The number of rotatable bonds is 9. The van der Waals surface area contributed by atoms with Gasteiger partial charge in [0.15, 0.2) is 16.6 Å². The maximum Gasteiger partial charge on any atom is 0.193 e. The Balaban J connectivity index is 3.37. The number of hydrogen-bond acceptors (Lipinski definition) is 2. The van der Waals surface area contributed by atoms with Crippen LogP contribution in [0.3, 0.4) is 0 Å². The zero-order valence-electron chi connectivity index (χ0n) is 21.8. The van der Waals surface area contributed by atoms with Crippen LogP contribution in [0.2, 0.25) is 36.3 Å². The van der Waals surface area contributed by atoms with E-state index in [1.54, 1.807) is 0 Å². The van der Waals surface area contributed by atoms with Gasteiger partial charge in [0.25, 0.3) is 0 Å². The van der Waals surface area contributed by atoms with Crippen molar-refractivity contribution >= 4 is 16.6 Å². The number of allylic oxidation sites excluding steroid dienone is 1. The van der Waals surface area contributed by atoms with Gasteiger partial charge in [-0.1, -0.05) is 77.7 Å². The standard InChI is InChI=1S/C27H46O2Si2/c1-12-13-15-20-24(28-30(8,9)26(2,3)4)25(29-31(10,11)27(5,6)7)22-21-23-18-16-14-17-19-23/h12,14,16-19,24-25H,1,13,15,20H2,2-11H3/t24-,25-/m0/s1. The predicted molar refractivity (Wildman–Crippen MR) is 142 cm³/mol. The van der Waals surface area contributed by atoms with Crippen LogP contribution in [0.4, 0.5) is 0 Å². The number of unbranched alkanes of at least 4 members (excludes halogenated alkanes) is 1. The first-order valence-electron chi connectivity index (χ1n) is 11.6. The van der Waals surface area contributed by atoms with Crippen LogP contribution in [0, 0.1) is 11.8 Å². The second kappa shape index (κ2) is 11.1. The number of hydrogen-bond donors (Lipinski definition) is 0. The molecule has 0 aliphatic carbocycles. The largest absolute Gasteiger partial charge is 0.410 e. The second-order valence-electron chi connectivity index (χ2n) is 11.6. The summed E-state index contributed by atoms with van der Waals surface area (Å²) < 4.78 is 13.9. The number of benzene rings is 1. The summed E-state index contributed by atoms with van der Waals surface area (Å²) in [6.07, 6.45) is 4.67. The van der Waals surface area contributed by atoms with E-state index in [1.807, 2.05) is 24.3 Å². The highest BCUT2D eigenvalue weighted by Gasteiger charge is 2.44. The monoisotopic (exact) mass is 458 g/mol. The van der Waals surface area contributed by atoms with E-state index >= 15 is 0 Å². The van der Waals surface area contributed by atoms with Crippen molar-refractivity contribution in [2.45, 2.75) is 109 Å². The van der Waals surface area contributed by atoms with E-state index in [2.05, 4.69) is 98.3 Å². The Bertz CT molecular complexity index is 743. The molecule has 0 aromatic heterocycles. The summed E-state index contributed by atoms with van der Waals surface area (Å²) in [6.45, 7) is 26.9. The van der Waals surface area contributed by atoms with Gasteiger partial charge in [0.2, 0.25) is 0 Å². The lowest BCUT2D eigenvalue weighted by Gasteiger charge is -2.44. The van der Waals surface area contributed by atoms with Crippen LogP contribution >= 0.6 is 0 Å². The fraction of sp³-hybridized carbons (Fsp3) is 0.630. The van der Waals surface area contributed by atoms with E-state index < -0.39 is 16.6 Å². The molecule has 0 unspecified atom stereocenters. The lowest BCUT2D eigenvalue weighted by atomic mass is 10.1. The summed E-state index contributed by atoms with van der Waals surface area (Å²) in [5.74, 6) is 6.88.